The monoisotopic (exact) mass is 279 g/mol. The molecule has 0 saturated heterocycles. The number of likely N-dealkylation sites (N-methyl/N-ethyl adjacent to an activating group) is 1. The maximum absolute atomic E-state index is 11.2. The lowest BCUT2D eigenvalue weighted by molar-refractivity contribution is 0.0696. The molecular formula is C15H25N3O2. The van der Waals surface area contributed by atoms with Gasteiger partial charge in [0.2, 0.25) is 0 Å². The molecule has 0 fully saturated rings. The van der Waals surface area contributed by atoms with Gasteiger partial charge in [0.15, 0.2) is 0 Å². The first-order valence-corrected chi connectivity index (χ1v) is 6.99. The number of hydrogen-bond acceptors (Lipinski definition) is 4. The van der Waals surface area contributed by atoms with E-state index in [1.165, 1.54) is 0 Å². The van der Waals surface area contributed by atoms with Gasteiger partial charge in [0, 0.05) is 18.3 Å². The predicted octanol–water partition coefficient (Wildman–Crippen LogP) is 2.34. The highest BCUT2D eigenvalue weighted by Gasteiger charge is 2.16. The molecule has 1 rings (SSSR count). The summed E-state index contributed by atoms with van der Waals surface area (Å²) in [7, 11) is 4.05. The van der Waals surface area contributed by atoms with Crippen LogP contribution in [0.4, 0.5) is 5.82 Å². The molecule has 0 amide bonds. The normalized spacial score (nSPS) is 12.8. The van der Waals surface area contributed by atoms with E-state index in [4.69, 9.17) is 5.11 Å². The van der Waals surface area contributed by atoms with E-state index >= 15 is 0 Å². The number of aromatic nitrogens is 1. The van der Waals surface area contributed by atoms with Crippen molar-refractivity contribution < 1.29 is 9.90 Å². The van der Waals surface area contributed by atoms with Crippen molar-refractivity contribution in [2.75, 3.05) is 26.0 Å². The van der Waals surface area contributed by atoms with E-state index < -0.39 is 5.97 Å². The van der Waals surface area contributed by atoms with Crippen molar-refractivity contribution in [3.63, 3.8) is 0 Å². The van der Waals surface area contributed by atoms with Gasteiger partial charge in [-0.3, -0.25) is 0 Å². The molecular weight excluding hydrogens is 254 g/mol. The zero-order valence-electron chi connectivity index (χ0n) is 13.0. The molecule has 112 valence electrons. The minimum Gasteiger partial charge on any atom is -0.478 e. The van der Waals surface area contributed by atoms with Gasteiger partial charge in [0.1, 0.15) is 5.82 Å². The number of rotatable bonds is 7. The zero-order chi connectivity index (χ0) is 15.3. The van der Waals surface area contributed by atoms with Gasteiger partial charge in [-0.1, -0.05) is 20.8 Å². The molecule has 1 heterocycles. The highest BCUT2D eigenvalue weighted by molar-refractivity contribution is 5.88. The van der Waals surface area contributed by atoms with Crippen molar-refractivity contribution in [2.24, 2.45) is 5.92 Å². The van der Waals surface area contributed by atoms with Crippen LogP contribution >= 0.6 is 0 Å². The number of anilines is 1. The summed E-state index contributed by atoms with van der Waals surface area (Å²) in [5.41, 5.74) is 1.08. The summed E-state index contributed by atoms with van der Waals surface area (Å²) in [6.07, 6.45) is 0.718. The minimum atomic E-state index is -0.918. The molecule has 0 aliphatic rings. The summed E-state index contributed by atoms with van der Waals surface area (Å²) in [6.45, 7) is 7.13. The fourth-order valence-electron chi connectivity index (χ4n) is 1.97. The van der Waals surface area contributed by atoms with Crippen molar-refractivity contribution in [3.8, 4) is 0 Å². The highest BCUT2D eigenvalue weighted by atomic mass is 16.4. The molecule has 0 aliphatic heterocycles. The van der Waals surface area contributed by atoms with Gasteiger partial charge in [-0.2, -0.15) is 0 Å². The first kappa shape index (κ1) is 16.4. The molecule has 5 heteroatoms. The molecule has 1 atom stereocenters. The van der Waals surface area contributed by atoms with Crippen molar-refractivity contribution in [2.45, 2.75) is 33.2 Å². The Morgan fingerprint density at radius 3 is 2.50 bits per heavy atom. The van der Waals surface area contributed by atoms with E-state index in [0.29, 0.717) is 11.7 Å². The Bertz CT molecular complexity index is 458. The molecule has 1 aromatic heterocycles. The van der Waals surface area contributed by atoms with Gasteiger partial charge in [0.25, 0.3) is 0 Å². The molecule has 1 aromatic rings. The Morgan fingerprint density at radius 1 is 1.40 bits per heavy atom. The van der Waals surface area contributed by atoms with Gasteiger partial charge < -0.3 is 15.3 Å². The highest BCUT2D eigenvalue weighted by Crippen LogP contribution is 2.15. The van der Waals surface area contributed by atoms with Crippen LogP contribution in [0.1, 0.15) is 36.8 Å². The average Bonchev–Trinajstić information content (AvgIpc) is 2.36. The number of carboxylic acids is 1. The summed E-state index contributed by atoms with van der Waals surface area (Å²) < 4.78 is 0. The number of nitrogens with one attached hydrogen (secondary N) is 1. The summed E-state index contributed by atoms with van der Waals surface area (Å²) >= 11 is 0. The van der Waals surface area contributed by atoms with Crippen molar-refractivity contribution in [1.29, 1.82) is 0 Å². The predicted molar refractivity (Wildman–Crippen MR) is 81.4 cm³/mol. The second kappa shape index (κ2) is 7.24. The fraction of sp³-hybridized carbons (Fsp3) is 0.600. The van der Waals surface area contributed by atoms with Crippen LogP contribution in [0, 0.1) is 5.92 Å². The summed E-state index contributed by atoms with van der Waals surface area (Å²) in [6, 6.07) is 3.46. The molecule has 0 saturated carbocycles. The van der Waals surface area contributed by atoms with Gasteiger partial charge in [-0.15, -0.1) is 0 Å². The molecule has 0 aromatic carbocycles. The van der Waals surface area contributed by atoms with Crippen LogP contribution in [-0.2, 0) is 6.42 Å². The lowest BCUT2D eigenvalue weighted by Crippen LogP contribution is -2.36. The summed E-state index contributed by atoms with van der Waals surface area (Å²) in [5.74, 6) is 0.152. The van der Waals surface area contributed by atoms with Crippen LogP contribution in [0.5, 0.6) is 0 Å². The molecule has 0 aliphatic carbocycles. The van der Waals surface area contributed by atoms with Crippen LogP contribution in [0.15, 0.2) is 12.1 Å². The smallest absolute Gasteiger partial charge is 0.335 e. The van der Waals surface area contributed by atoms with Crippen LogP contribution in [0.2, 0.25) is 0 Å². The van der Waals surface area contributed by atoms with Gasteiger partial charge in [-0.05, 0) is 38.6 Å². The third-order valence-electron chi connectivity index (χ3n) is 3.19. The Balaban J connectivity index is 2.99. The third kappa shape index (κ3) is 4.81. The number of carbonyl (C=O) groups is 1. The topological polar surface area (TPSA) is 65.5 Å². The molecule has 0 bridgehead atoms. The van der Waals surface area contributed by atoms with Crippen molar-refractivity contribution in [3.05, 3.63) is 23.4 Å². The van der Waals surface area contributed by atoms with E-state index in [-0.39, 0.29) is 11.6 Å². The van der Waals surface area contributed by atoms with E-state index in [1.807, 2.05) is 21.0 Å². The Hall–Kier alpha value is -1.62. The lowest BCUT2D eigenvalue weighted by Gasteiger charge is -2.26. The van der Waals surface area contributed by atoms with E-state index in [1.54, 1.807) is 12.1 Å². The zero-order valence-corrected chi connectivity index (χ0v) is 13.0. The SMILES string of the molecule is CCc1cc(C(=O)O)cc(NC(CN(C)C)C(C)C)n1. The first-order chi connectivity index (χ1) is 9.33. The molecule has 20 heavy (non-hydrogen) atoms. The molecule has 2 N–H and O–H groups in total. The number of aryl methyl sites for hydroxylation is 1. The second-order valence-corrected chi connectivity index (χ2v) is 5.65. The van der Waals surface area contributed by atoms with Crippen molar-refractivity contribution >= 4 is 11.8 Å². The number of pyridine rings is 1. The van der Waals surface area contributed by atoms with Crippen LogP contribution < -0.4 is 5.32 Å². The lowest BCUT2D eigenvalue weighted by atomic mass is 10.0. The molecule has 5 nitrogen and oxygen atoms in total. The second-order valence-electron chi connectivity index (χ2n) is 5.65. The minimum absolute atomic E-state index is 0.228. The molecule has 1 unspecified atom stereocenters. The number of carboxylic acid groups (broad SMARTS) is 1. The van der Waals surface area contributed by atoms with E-state index in [2.05, 4.69) is 29.0 Å². The average molecular weight is 279 g/mol. The van der Waals surface area contributed by atoms with Gasteiger partial charge in [0.05, 0.1) is 5.56 Å². The first-order valence-electron chi connectivity index (χ1n) is 6.99. The van der Waals surface area contributed by atoms with Crippen LogP contribution in [0.3, 0.4) is 0 Å². The maximum atomic E-state index is 11.2. The Morgan fingerprint density at radius 2 is 2.05 bits per heavy atom. The third-order valence-corrected chi connectivity index (χ3v) is 3.19. The standard InChI is InChI=1S/C15H25N3O2/c1-6-12-7-11(15(19)20)8-14(16-12)17-13(10(2)3)9-18(4)5/h7-8,10,13H,6,9H2,1-5H3,(H,16,17)(H,19,20). The molecule has 0 radical (unpaired) electrons. The summed E-state index contributed by atoms with van der Waals surface area (Å²) in [5, 5.41) is 12.5. The maximum Gasteiger partial charge on any atom is 0.335 e. The van der Waals surface area contributed by atoms with Gasteiger partial charge in [-0.25, -0.2) is 9.78 Å². The van der Waals surface area contributed by atoms with Crippen molar-refractivity contribution in [1.82, 2.24) is 9.88 Å². The number of hydrogen-bond donors (Lipinski definition) is 2. The Kier molecular flexibility index (Phi) is 5.95. The quantitative estimate of drug-likeness (QED) is 0.802. The number of aromatic carboxylic acids is 1. The Labute approximate surface area is 121 Å². The van der Waals surface area contributed by atoms with E-state index in [0.717, 1.165) is 18.7 Å². The van der Waals surface area contributed by atoms with Crippen LogP contribution in [-0.4, -0.2) is 47.6 Å². The van der Waals surface area contributed by atoms with Gasteiger partial charge >= 0.3 is 5.97 Å². The van der Waals surface area contributed by atoms with E-state index in [9.17, 15) is 4.79 Å². The summed E-state index contributed by atoms with van der Waals surface area (Å²) in [4.78, 5) is 17.7. The molecule has 0 spiro atoms. The van der Waals surface area contributed by atoms with Crippen LogP contribution in [0.25, 0.3) is 0 Å². The fourth-order valence-corrected chi connectivity index (χ4v) is 1.97. The largest absolute Gasteiger partial charge is 0.478 e. The number of nitrogens with zero attached hydrogens (tertiary/aromatic N) is 2.